The Morgan fingerprint density at radius 3 is 2.56 bits per heavy atom. The van der Waals surface area contributed by atoms with Gasteiger partial charge in [-0.05, 0) is 35.7 Å². The zero-order valence-electron chi connectivity index (χ0n) is 9.28. The molecular weight excluding hydrogens is 201 g/mol. The topological polar surface area (TPSA) is 12.9 Å². The summed E-state index contributed by atoms with van der Waals surface area (Å²) in [5.74, 6) is -0.204. The second-order valence-corrected chi connectivity index (χ2v) is 3.79. The van der Waals surface area contributed by atoms with Gasteiger partial charge in [0.2, 0.25) is 0 Å². The Labute approximate surface area is 95.0 Å². The highest BCUT2D eigenvalue weighted by Crippen LogP contribution is 2.23. The van der Waals surface area contributed by atoms with Crippen molar-refractivity contribution in [1.82, 2.24) is 4.98 Å². The molecule has 0 aliphatic carbocycles. The van der Waals surface area contributed by atoms with Crippen LogP contribution >= 0.6 is 0 Å². The van der Waals surface area contributed by atoms with Crippen molar-refractivity contribution >= 4 is 0 Å². The van der Waals surface area contributed by atoms with Gasteiger partial charge >= 0.3 is 0 Å². The lowest BCUT2D eigenvalue weighted by atomic mass is 9.99. The smallest absolute Gasteiger partial charge is 0.123 e. The normalized spacial score (nSPS) is 10.4. The molecule has 0 aliphatic rings. The third-order valence-electron chi connectivity index (χ3n) is 2.59. The van der Waals surface area contributed by atoms with E-state index in [-0.39, 0.29) is 5.82 Å². The van der Waals surface area contributed by atoms with E-state index in [1.54, 1.807) is 18.3 Å². The van der Waals surface area contributed by atoms with E-state index < -0.39 is 0 Å². The van der Waals surface area contributed by atoms with Crippen LogP contribution in [0.2, 0.25) is 0 Å². The van der Waals surface area contributed by atoms with Crippen molar-refractivity contribution in [1.29, 1.82) is 0 Å². The second-order valence-electron chi connectivity index (χ2n) is 3.79. The summed E-state index contributed by atoms with van der Waals surface area (Å²) >= 11 is 0. The van der Waals surface area contributed by atoms with Crippen molar-refractivity contribution in [3.8, 4) is 11.1 Å². The summed E-state index contributed by atoms with van der Waals surface area (Å²) in [5, 5.41) is 0. The molecular formula is C14H14FN. The molecule has 0 unspecified atom stereocenters. The number of pyridine rings is 1. The number of nitrogens with zero attached hydrogens (tertiary/aromatic N) is 1. The molecule has 2 rings (SSSR count). The first-order valence-electron chi connectivity index (χ1n) is 5.50. The minimum absolute atomic E-state index is 0.204. The Morgan fingerprint density at radius 2 is 1.88 bits per heavy atom. The SMILES string of the molecule is CCCc1ccncc1-c1ccc(F)cc1. The van der Waals surface area contributed by atoms with E-state index in [9.17, 15) is 4.39 Å². The Kier molecular flexibility index (Phi) is 3.30. The summed E-state index contributed by atoms with van der Waals surface area (Å²) in [7, 11) is 0. The molecule has 0 spiro atoms. The van der Waals surface area contributed by atoms with Crippen LogP contribution in [0.3, 0.4) is 0 Å². The monoisotopic (exact) mass is 215 g/mol. The van der Waals surface area contributed by atoms with Crippen molar-refractivity contribution < 1.29 is 4.39 Å². The van der Waals surface area contributed by atoms with Crippen molar-refractivity contribution in [2.75, 3.05) is 0 Å². The summed E-state index contributed by atoms with van der Waals surface area (Å²) < 4.78 is 12.8. The standard InChI is InChI=1S/C14H14FN/c1-2-3-11-8-9-16-10-14(11)12-4-6-13(15)7-5-12/h4-10H,2-3H2,1H3. The molecule has 0 atom stereocenters. The maximum absolute atomic E-state index is 12.8. The molecule has 2 aromatic rings. The van der Waals surface area contributed by atoms with Crippen LogP contribution in [-0.2, 0) is 6.42 Å². The van der Waals surface area contributed by atoms with Gasteiger partial charge in [0.05, 0.1) is 0 Å². The zero-order chi connectivity index (χ0) is 11.4. The summed E-state index contributed by atoms with van der Waals surface area (Å²) in [6.45, 7) is 2.15. The van der Waals surface area contributed by atoms with Gasteiger partial charge in [-0.1, -0.05) is 25.5 Å². The first-order chi connectivity index (χ1) is 7.81. The van der Waals surface area contributed by atoms with Gasteiger partial charge in [-0.2, -0.15) is 0 Å². The fourth-order valence-corrected chi connectivity index (χ4v) is 1.80. The highest BCUT2D eigenvalue weighted by atomic mass is 19.1. The summed E-state index contributed by atoms with van der Waals surface area (Å²) in [6.07, 6.45) is 5.77. The van der Waals surface area contributed by atoms with Crippen molar-refractivity contribution in [3.63, 3.8) is 0 Å². The predicted molar refractivity (Wildman–Crippen MR) is 63.6 cm³/mol. The minimum Gasteiger partial charge on any atom is -0.264 e. The Morgan fingerprint density at radius 1 is 1.12 bits per heavy atom. The second kappa shape index (κ2) is 4.88. The van der Waals surface area contributed by atoms with E-state index in [1.807, 2.05) is 12.3 Å². The van der Waals surface area contributed by atoms with Gasteiger partial charge in [0, 0.05) is 18.0 Å². The molecule has 1 aromatic heterocycles. The molecule has 0 amide bonds. The van der Waals surface area contributed by atoms with Gasteiger partial charge in [-0.3, -0.25) is 4.98 Å². The zero-order valence-corrected chi connectivity index (χ0v) is 9.28. The van der Waals surface area contributed by atoms with Gasteiger partial charge < -0.3 is 0 Å². The summed E-state index contributed by atoms with van der Waals surface area (Å²) in [6, 6.07) is 8.59. The molecule has 1 nitrogen and oxygen atoms in total. The highest BCUT2D eigenvalue weighted by Gasteiger charge is 2.04. The quantitative estimate of drug-likeness (QED) is 0.758. The van der Waals surface area contributed by atoms with Gasteiger partial charge in [-0.25, -0.2) is 4.39 Å². The largest absolute Gasteiger partial charge is 0.264 e. The van der Waals surface area contributed by atoms with E-state index in [4.69, 9.17) is 0 Å². The van der Waals surface area contributed by atoms with E-state index in [2.05, 4.69) is 11.9 Å². The Hall–Kier alpha value is -1.70. The summed E-state index contributed by atoms with van der Waals surface area (Å²) in [5.41, 5.74) is 3.39. The molecule has 0 aliphatic heterocycles. The number of aromatic nitrogens is 1. The van der Waals surface area contributed by atoms with Gasteiger partial charge in [0.1, 0.15) is 5.82 Å². The number of benzene rings is 1. The molecule has 16 heavy (non-hydrogen) atoms. The molecule has 0 N–H and O–H groups in total. The molecule has 0 fully saturated rings. The fourth-order valence-electron chi connectivity index (χ4n) is 1.80. The van der Waals surface area contributed by atoms with E-state index in [0.717, 1.165) is 24.0 Å². The molecule has 0 bridgehead atoms. The third-order valence-corrected chi connectivity index (χ3v) is 2.59. The first-order valence-corrected chi connectivity index (χ1v) is 5.50. The lowest BCUT2D eigenvalue weighted by molar-refractivity contribution is 0.628. The van der Waals surface area contributed by atoms with Gasteiger partial charge in [0.25, 0.3) is 0 Å². The lowest BCUT2D eigenvalue weighted by Gasteiger charge is -2.07. The van der Waals surface area contributed by atoms with Crippen molar-refractivity contribution in [2.24, 2.45) is 0 Å². The number of hydrogen-bond acceptors (Lipinski definition) is 1. The Balaban J connectivity index is 2.42. The van der Waals surface area contributed by atoms with E-state index in [0.29, 0.717) is 0 Å². The molecule has 0 saturated heterocycles. The minimum atomic E-state index is -0.204. The molecule has 0 saturated carbocycles. The maximum Gasteiger partial charge on any atom is 0.123 e. The molecule has 1 aromatic carbocycles. The molecule has 2 heteroatoms. The van der Waals surface area contributed by atoms with Crippen LogP contribution in [0.15, 0.2) is 42.7 Å². The van der Waals surface area contributed by atoms with Crippen molar-refractivity contribution in [3.05, 3.63) is 54.1 Å². The van der Waals surface area contributed by atoms with Crippen LogP contribution in [0.1, 0.15) is 18.9 Å². The first kappa shape index (κ1) is 10.8. The maximum atomic E-state index is 12.8. The van der Waals surface area contributed by atoms with Crippen LogP contribution in [0, 0.1) is 5.82 Å². The van der Waals surface area contributed by atoms with E-state index >= 15 is 0 Å². The fraction of sp³-hybridized carbons (Fsp3) is 0.214. The van der Waals surface area contributed by atoms with Crippen LogP contribution in [0.4, 0.5) is 4.39 Å². The molecule has 0 radical (unpaired) electrons. The van der Waals surface area contributed by atoms with Crippen molar-refractivity contribution in [2.45, 2.75) is 19.8 Å². The molecule has 82 valence electrons. The van der Waals surface area contributed by atoms with Gasteiger partial charge in [-0.15, -0.1) is 0 Å². The average Bonchev–Trinajstić information content (AvgIpc) is 2.32. The highest BCUT2D eigenvalue weighted by molar-refractivity contribution is 5.66. The van der Waals surface area contributed by atoms with Crippen LogP contribution < -0.4 is 0 Å². The lowest BCUT2D eigenvalue weighted by Crippen LogP contribution is -1.90. The third kappa shape index (κ3) is 2.27. The molecule has 1 heterocycles. The number of rotatable bonds is 3. The van der Waals surface area contributed by atoms with Crippen LogP contribution in [0.25, 0.3) is 11.1 Å². The Bertz CT molecular complexity index is 462. The van der Waals surface area contributed by atoms with E-state index in [1.165, 1.54) is 17.7 Å². The predicted octanol–water partition coefficient (Wildman–Crippen LogP) is 3.84. The summed E-state index contributed by atoms with van der Waals surface area (Å²) in [4.78, 5) is 4.13. The van der Waals surface area contributed by atoms with Crippen LogP contribution in [-0.4, -0.2) is 4.98 Å². The van der Waals surface area contributed by atoms with Crippen LogP contribution in [0.5, 0.6) is 0 Å². The number of aryl methyl sites for hydroxylation is 1. The van der Waals surface area contributed by atoms with Gasteiger partial charge in [0.15, 0.2) is 0 Å². The average molecular weight is 215 g/mol. The number of hydrogen-bond donors (Lipinski definition) is 0. The number of halogens is 1.